The molecule has 8 heteroatoms. The number of sulfonamides is 1. The molecule has 1 aliphatic rings. The number of hydrogen-bond acceptors (Lipinski definition) is 5. The molecule has 3 heterocycles. The average molecular weight is 307 g/mol. The van der Waals surface area contributed by atoms with Crippen LogP contribution in [0, 0.1) is 0 Å². The molecule has 3 rings (SSSR count). The van der Waals surface area contributed by atoms with E-state index >= 15 is 0 Å². The van der Waals surface area contributed by atoms with Crippen molar-refractivity contribution in [3.8, 4) is 11.3 Å². The second-order valence-corrected chi connectivity index (χ2v) is 7.22. The first-order chi connectivity index (χ1) is 10.1. The Morgan fingerprint density at radius 1 is 1.33 bits per heavy atom. The fraction of sp³-hybridized carbons (Fsp3) is 0.462. The maximum Gasteiger partial charge on any atom is 0.211 e. The van der Waals surface area contributed by atoms with Crippen LogP contribution in [0.3, 0.4) is 0 Å². The van der Waals surface area contributed by atoms with Crippen molar-refractivity contribution >= 4 is 10.0 Å². The molecule has 0 amide bonds. The fourth-order valence-electron chi connectivity index (χ4n) is 2.72. The molecule has 1 fully saturated rings. The molecule has 7 nitrogen and oxygen atoms in total. The minimum absolute atomic E-state index is 0.0621. The van der Waals surface area contributed by atoms with Gasteiger partial charge in [-0.05, 0) is 12.8 Å². The van der Waals surface area contributed by atoms with Crippen LogP contribution >= 0.6 is 0 Å². The Labute approximate surface area is 123 Å². The van der Waals surface area contributed by atoms with Gasteiger partial charge in [-0.25, -0.2) is 12.7 Å². The van der Waals surface area contributed by atoms with Gasteiger partial charge in [0.1, 0.15) is 0 Å². The van der Waals surface area contributed by atoms with E-state index in [0.29, 0.717) is 13.1 Å². The maximum absolute atomic E-state index is 11.8. The maximum atomic E-state index is 11.8. The number of hydrogen-bond donors (Lipinski definition) is 1. The minimum Gasteiger partial charge on any atom is -0.285 e. The summed E-state index contributed by atoms with van der Waals surface area (Å²) in [7, 11) is -3.17. The summed E-state index contributed by atoms with van der Waals surface area (Å²) in [5.74, 6) is 0.0621. The molecule has 112 valence electrons. The molecule has 0 radical (unpaired) electrons. The van der Waals surface area contributed by atoms with Crippen LogP contribution in [0.1, 0.15) is 24.5 Å². The number of piperidine rings is 1. The van der Waals surface area contributed by atoms with E-state index in [1.165, 1.54) is 10.6 Å². The molecule has 1 atom stereocenters. The van der Waals surface area contributed by atoms with Crippen LogP contribution in [0.15, 0.2) is 24.8 Å². The van der Waals surface area contributed by atoms with E-state index in [9.17, 15) is 8.42 Å². The van der Waals surface area contributed by atoms with Crippen LogP contribution in [0.25, 0.3) is 11.3 Å². The van der Waals surface area contributed by atoms with E-state index in [4.69, 9.17) is 0 Å². The highest BCUT2D eigenvalue weighted by Gasteiger charge is 2.29. The third-order valence-electron chi connectivity index (χ3n) is 3.74. The summed E-state index contributed by atoms with van der Waals surface area (Å²) < 4.78 is 25.0. The van der Waals surface area contributed by atoms with Gasteiger partial charge in [-0.1, -0.05) is 0 Å². The van der Waals surface area contributed by atoms with Crippen molar-refractivity contribution in [1.82, 2.24) is 24.5 Å². The summed E-state index contributed by atoms with van der Waals surface area (Å²) in [6, 6.07) is 0. The van der Waals surface area contributed by atoms with E-state index < -0.39 is 10.0 Å². The number of nitrogens with one attached hydrogen (secondary N) is 1. The topological polar surface area (TPSA) is 91.8 Å². The molecule has 0 aromatic carbocycles. The first-order valence-corrected chi connectivity index (χ1v) is 8.65. The van der Waals surface area contributed by atoms with Crippen LogP contribution in [0.4, 0.5) is 0 Å². The lowest BCUT2D eigenvalue weighted by Gasteiger charge is -2.31. The Hall–Kier alpha value is -1.80. The van der Waals surface area contributed by atoms with Crippen LogP contribution in [-0.4, -0.2) is 52.2 Å². The lowest BCUT2D eigenvalue weighted by Crippen LogP contribution is -2.38. The normalized spacial score (nSPS) is 20.5. The van der Waals surface area contributed by atoms with Gasteiger partial charge in [0.25, 0.3) is 0 Å². The highest BCUT2D eigenvalue weighted by Crippen LogP contribution is 2.31. The predicted molar refractivity (Wildman–Crippen MR) is 78.0 cm³/mol. The third-order valence-corrected chi connectivity index (χ3v) is 5.01. The van der Waals surface area contributed by atoms with Crippen LogP contribution in [-0.2, 0) is 10.0 Å². The second kappa shape index (κ2) is 5.53. The quantitative estimate of drug-likeness (QED) is 0.913. The summed E-state index contributed by atoms with van der Waals surface area (Å²) in [4.78, 5) is 8.84. The summed E-state index contributed by atoms with van der Waals surface area (Å²) >= 11 is 0. The first kappa shape index (κ1) is 14.2. The SMILES string of the molecule is CS(=O)(=O)N1CCC[C@H](c2nccnc2-c2cn[nH]c2)C1. The Kier molecular flexibility index (Phi) is 3.73. The van der Waals surface area contributed by atoms with Crippen molar-refractivity contribution in [3.63, 3.8) is 0 Å². The van der Waals surface area contributed by atoms with Crippen molar-refractivity contribution in [3.05, 3.63) is 30.5 Å². The molecule has 0 aliphatic carbocycles. The van der Waals surface area contributed by atoms with Gasteiger partial charge in [0.05, 0.1) is 23.8 Å². The summed E-state index contributed by atoms with van der Waals surface area (Å²) in [6.07, 6.45) is 9.76. The second-order valence-electron chi connectivity index (χ2n) is 5.24. The largest absolute Gasteiger partial charge is 0.285 e. The highest BCUT2D eigenvalue weighted by molar-refractivity contribution is 7.88. The number of H-pyrrole nitrogens is 1. The van der Waals surface area contributed by atoms with Gasteiger partial charge in [0.2, 0.25) is 10.0 Å². The van der Waals surface area contributed by atoms with Crippen molar-refractivity contribution in [2.45, 2.75) is 18.8 Å². The summed E-state index contributed by atoms with van der Waals surface area (Å²) in [5.41, 5.74) is 2.48. The number of aromatic amines is 1. The van der Waals surface area contributed by atoms with Gasteiger partial charge in [-0.3, -0.25) is 15.1 Å². The average Bonchev–Trinajstić information content (AvgIpc) is 3.01. The van der Waals surface area contributed by atoms with Crippen molar-refractivity contribution in [2.24, 2.45) is 0 Å². The zero-order chi connectivity index (χ0) is 14.9. The first-order valence-electron chi connectivity index (χ1n) is 6.81. The Bertz CT molecular complexity index is 714. The molecule has 2 aromatic rings. The van der Waals surface area contributed by atoms with E-state index in [2.05, 4.69) is 20.2 Å². The Morgan fingerprint density at radius 2 is 2.14 bits per heavy atom. The third kappa shape index (κ3) is 2.96. The highest BCUT2D eigenvalue weighted by atomic mass is 32.2. The van der Waals surface area contributed by atoms with Gasteiger partial charge in [-0.15, -0.1) is 0 Å². The predicted octanol–water partition coefficient (Wildman–Crippen LogP) is 1.01. The smallest absolute Gasteiger partial charge is 0.211 e. The summed E-state index contributed by atoms with van der Waals surface area (Å²) in [5, 5.41) is 6.71. The Balaban J connectivity index is 1.94. The van der Waals surface area contributed by atoms with Crippen LogP contribution in [0.5, 0.6) is 0 Å². The molecular weight excluding hydrogens is 290 g/mol. The van der Waals surface area contributed by atoms with E-state index in [1.54, 1.807) is 24.8 Å². The van der Waals surface area contributed by atoms with Gasteiger partial charge < -0.3 is 0 Å². The van der Waals surface area contributed by atoms with E-state index in [-0.39, 0.29) is 5.92 Å². The molecule has 0 bridgehead atoms. The van der Waals surface area contributed by atoms with E-state index in [1.807, 2.05) is 0 Å². The van der Waals surface area contributed by atoms with Crippen molar-refractivity contribution < 1.29 is 8.42 Å². The zero-order valence-electron chi connectivity index (χ0n) is 11.7. The monoisotopic (exact) mass is 307 g/mol. The number of nitrogens with zero attached hydrogens (tertiary/aromatic N) is 4. The lowest BCUT2D eigenvalue weighted by molar-refractivity contribution is 0.314. The molecule has 1 saturated heterocycles. The molecule has 1 N–H and O–H groups in total. The van der Waals surface area contributed by atoms with Crippen LogP contribution in [0.2, 0.25) is 0 Å². The van der Waals surface area contributed by atoms with E-state index in [0.717, 1.165) is 29.8 Å². The Morgan fingerprint density at radius 3 is 2.86 bits per heavy atom. The van der Waals surface area contributed by atoms with Gasteiger partial charge in [0.15, 0.2) is 0 Å². The molecular formula is C13H17N5O2S. The summed E-state index contributed by atoms with van der Waals surface area (Å²) in [6.45, 7) is 1.04. The van der Waals surface area contributed by atoms with Crippen LogP contribution < -0.4 is 0 Å². The number of rotatable bonds is 3. The zero-order valence-corrected chi connectivity index (χ0v) is 12.5. The van der Waals surface area contributed by atoms with Gasteiger partial charge in [0, 0.05) is 43.2 Å². The van der Waals surface area contributed by atoms with Gasteiger partial charge >= 0.3 is 0 Å². The van der Waals surface area contributed by atoms with Crippen molar-refractivity contribution in [1.29, 1.82) is 0 Å². The molecule has 0 saturated carbocycles. The minimum atomic E-state index is -3.17. The van der Waals surface area contributed by atoms with Crippen molar-refractivity contribution in [2.75, 3.05) is 19.3 Å². The molecule has 0 unspecified atom stereocenters. The molecule has 2 aromatic heterocycles. The molecule has 0 spiro atoms. The fourth-order valence-corrected chi connectivity index (χ4v) is 3.63. The molecule has 1 aliphatic heterocycles. The lowest BCUT2D eigenvalue weighted by atomic mass is 9.93. The standard InChI is InChI=1S/C13H17N5O2S/c1-21(19,20)18-6-2-3-10(9-18)12-13(15-5-4-14-12)11-7-16-17-8-11/h4-5,7-8,10H,2-3,6,9H2,1H3,(H,16,17)/t10-/m0/s1. The molecule has 21 heavy (non-hydrogen) atoms. The van der Waals surface area contributed by atoms with Gasteiger partial charge in [-0.2, -0.15) is 5.10 Å². The number of aromatic nitrogens is 4.